The van der Waals surface area contributed by atoms with E-state index in [1.165, 1.54) is 5.56 Å². The zero-order valence-electron chi connectivity index (χ0n) is 15.4. The van der Waals surface area contributed by atoms with Gasteiger partial charge in [0.2, 0.25) is 0 Å². The maximum Gasteiger partial charge on any atom is 0.257 e. The van der Waals surface area contributed by atoms with Crippen molar-refractivity contribution in [1.29, 1.82) is 0 Å². The summed E-state index contributed by atoms with van der Waals surface area (Å²) in [6.45, 7) is 5.16. The molecular formula is C22H27NO3. The normalized spacial score (nSPS) is 17.1. The van der Waals surface area contributed by atoms with Crippen LogP contribution in [0.1, 0.15) is 41.6 Å². The quantitative estimate of drug-likeness (QED) is 0.703. The van der Waals surface area contributed by atoms with Gasteiger partial charge in [-0.1, -0.05) is 42.5 Å². The predicted octanol–water partition coefficient (Wildman–Crippen LogP) is 4.12. The average Bonchev–Trinajstić information content (AvgIpc) is 2.72. The molecule has 0 bridgehead atoms. The van der Waals surface area contributed by atoms with Gasteiger partial charge in [0.15, 0.2) is 0 Å². The molecule has 1 saturated heterocycles. The molecule has 1 heterocycles. The van der Waals surface area contributed by atoms with Gasteiger partial charge in [-0.2, -0.15) is 0 Å². The maximum atomic E-state index is 13.1. The lowest BCUT2D eigenvalue weighted by Gasteiger charge is -2.33. The average molecular weight is 353 g/mol. The van der Waals surface area contributed by atoms with Gasteiger partial charge in [0.1, 0.15) is 12.4 Å². The fourth-order valence-corrected chi connectivity index (χ4v) is 3.45. The van der Waals surface area contributed by atoms with Crippen LogP contribution in [0.2, 0.25) is 0 Å². The Morgan fingerprint density at radius 3 is 2.65 bits per heavy atom. The highest BCUT2D eigenvalue weighted by Gasteiger charge is 2.26. The summed E-state index contributed by atoms with van der Waals surface area (Å²) in [6.07, 6.45) is 2.15. The number of piperidine rings is 1. The Morgan fingerprint density at radius 1 is 1.08 bits per heavy atom. The molecule has 0 spiro atoms. The number of benzene rings is 2. The molecule has 1 amide bonds. The number of hydrogen-bond acceptors (Lipinski definition) is 3. The van der Waals surface area contributed by atoms with E-state index in [0.29, 0.717) is 37.1 Å². The van der Waals surface area contributed by atoms with E-state index in [2.05, 4.69) is 24.3 Å². The van der Waals surface area contributed by atoms with Gasteiger partial charge in [-0.05, 0) is 37.5 Å². The molecule has 3 rings (SSSR count). The molecule has 4 heteroatoms. The molecule has 2 aromatic carbocycles. The summed E-state index contributed by atoms with van der Waals surface area (Å²) < 4.78 is 11.1. The van der Waals surface area contributed by atoms with E-state index in [-0.39, 0.29) is 5.91 Å². The van der Waals surface area contributed by atoms with Crippen molar-refractivity contribution < 1.29 is 14.3 Å². The van der Waals surface area contributed by atoms with Gasteiger partial charge < -0.3 is 14.4 Å². The van der Waals surface area contributed by atoms with Crippen LogP contribution in [0.5, 0.6) is 5.75 Å². The number of carbonyl (C=O) groups excluding carboxylic acids is 1. The third-order valence-electron chi connectivity index (χ3n) is 4.79. The number of hydrogen-bond donors (Lipinski definition) is 0. The molecule has 0 N–H and O–H groups in total. The Balaban J connectivity index is 1.68. The van der Waals surface area contributed by atoms with Crippen molar-refractivity contribution in [1.82, 2.24) is 4.90 Å². The van der Waals surface area contributed by atoms with E-state index >= 15 is 0 Å². The number of likely N-dealkylation sites (tertiary alicyclic amines) is 1. The zero-order chi connectivity index (χ0) is 18.2. The topological polar surface area (TPSA) is 38.8 Å². The van der Waals surface area contributed by atoms with E-state index in [0.717, 1.165) is 25.9 Å². The van der Waals surface area contributed by atoms with Gasteiger partial charge in [-0.25, -0.2) is 0 Å². The van der Waals surface area contributed by atoms with Crippen molar-refractivity contribution in [3.05, 3.63) is 65.7 Å². The van der Waals surface area contributed by atoms with Gasteiger partial charge in [0.25, 0.3) is 5.91 Å². The smallest absolute Gasteiger partial charge is 0.257 e. The van der Waals surface area contributed by atoms with Crippen LogP contribution in [-0.4, -0.2) is 43.7 Å². The highest BCUT2D eigenvalue weighted by atomic mass is 16.5. The lowest BCUT2D eigenvalue weighted by molar-refractivity contribution is 0.0697. The van der Waals surface area contributed by atoms with Gasteiger partial charge >= 0.3 is 0 Å². The van der Waals surface area contributed by atoms with E-state index in [9.17, 15) is 4.79 Å². The number of para-hydroxylation sites is 1. The molecule has 138 valence electrons. The van der Waals surface area contributed by atoms with Gasteiger partial charge in [-0.15, -0.1) is 0 Å². The van der Waals surface area contributed by atoms with Crippen molar-refractivity contribution in [2.75, 3.05) is 32.9 Å². The van der Waals surface area contributed by atoms with Crippen molar-refractivity contribution in [2.45, 2.75) is 25.7 Å². The van der Waals surface area contributed by atoms with E-state index in [1.807, 2.05) is 42.2 Å². The molecule has 1 atom stereocenters. The molecule has 0 aliphatic carbocycles. The SMILES string of the molecule is CCOCCOc1ccccc1C(=O)N1CCCC(c2ccccc2)C1. The van der Waals surface area contributed by atoms with Crippen LogP contribution in [0.15, 0.2) is 54.6 Å². The second kappa shape index (κ2) is 9.39. The first-order valence-electron chi connectivity index (χ1n) is 9.43. The molecule has 4 nitrogen and oxygen atoms in total. The third-order valence-corrected chi connectivity index (χ3v) is 4.79. The number of nitrogens with zero attached hydrogens (tertiary/aromatic N) is 1. The minimum absolute atomic E-state index is 0.0534. The first kappa shape index (κ1) is 18.5. The Morgan fingerprint density at radius 2 is 1.85 bits per heavy atom. The van der Waals surface area contributed by atoms with Crippen LogP contribution >= 0.6 is 0 Å². The number of ether oxygens (including phenoxy) is 2. The Labute approximate surface area is 155 Å². The first-order valence-corrected chi connectivity index (χ1v) is 9.43. The van der Waals surface area contributed by atoms with Crippen LogP contribution in [0.4, 0.5) is 0 Å². The molecule has 0 aromatic heterocycles. The van der Waals surface area contributed by atoms with Gasteiger partial charge in [0.05, 0.1) is 12.2 Å². The van der Waals surface area contributed by atoms with Gasteiger partial charge in [-0.3, -0.25) is 4.79 Å². The summed E-state index contributed by atoms with van der Waals surface area (Å²) in [6, 6.07) is 18.0. The van der Waals surface area contributed by atoms with Crippen molar-refractivity contribution in [3.63, 3.8) is 0 Å². The van der Waals surface area contributed by atoms with Crippen LogP contribution < -0.4 is 4.74 Å². The first-order chi connectivity index (χ1) is 12.8. The van der Waals surface area contributed by atoms with Crippen LogP contribution in [0.3, 0.4) is 0 Å². The summed E-state index contributed by atoms with van der Waals surface area (Å²) in [5.41, 5.74) is 1.95. The summed E-state index contributed by atoms with van der Waals surface area (Å²) in [5.74, 6) is 1.09. The molecule has 1 fully saturated rings. The fourth-order valence-electron chi connectivity index (χ4n) is 3.45. The van der Waals surface area contributed by atoms with Crippen molar-refractivity contribution in [2.24, 2.45) is 0 Å². The standard InChI is InChI=1S/C22H27NO3/c1-2-25-15-16-26-21-13-7-6-12-20(21)22(24)23-14-8-11-19(17-23)18-9-4-3-5-10-18/h3-7,9-10,12-13,19H,2,8,11,14-17H2,1H3. The Kier molecular flexibility index (Phi) is 6.67. The van der Waals surface area contributed by atoms with E-state index < -0.39 is 0 Å². The molecule has 0 saturated carbocycles. The monoisotopic (exact) mass is 353 g/mol. The van der Waals surface area contributed by atoms with Crippen molar-refractivity contribution >= 4 is 5.91 Å². The molecule has 2 aromatic rings. The molecular weight excluding hydrogens is 326 g/mol. The summed E-state index contributed by atoms with van der Waals surface area (Å²) >= 11 is 0. The highest BCUT2D eigenvalue weighted by molar-refractivity contribution is 5.97. The molecule has 26 heavy (non-hydrogen) atoms. The number of rotatable bonds is 7. The number of carbonyl (C=O) groups is 1. The van der Waals surface area contributed by atoms with Gasteiger partial charge in [0, 0.05) is 25.6 Å². The summed E-state index contributed by atoms with van der Waals surface area (Å²) in [7, 11) is 0. The van der Waals surface area contributed by atoms with Crippen LogP contribution in [0, 0.1) is 0 Å². The summed E-state index contributed by atoms with van der Waals surface area (Å²) in [5, 5.41) is 0. The second-order valence-electron chi connectivity index (χ2n) is 6.54. The second-order valence-corrected chi connectivity index (χ2v) is 6.54. The molecule has 1 unspecified atom stereocenters. The highest BCUT2D eigenvalue weighted by Crippen LogP contribution is 2.29. The zero-order valence-corrected chi connectivity index (χ0v) is 15.4. The minimum atomic E-state index is 0.0534. The third kappa shape index (κ3) is 4.64. The lowest BCUT2D eigenvalue weighted by Crippen LogP contribution is -2.39. The lowest BCUT2D eigenvalue weighted by atomic mass is 9.90. The van der Waals surface area contributed by atoms with Crippen LogP contribution in [-0.2, 0) is 4.74 Å². The molecule has 1 aliphatic rings. The van der Waals surface area contributed by atoms with Crippen LogP contribution in [0.25, 0.3) is 0 Å². The molecule has 0 radical (unpaired) electrons. The number of amides is 1. The summed E-state index contributed by atoms with van der Waals surface area (Å²) in [4.78, 5) is 15.1. The predicted molar refractivity (Wildman–Crippen MR) is 103 cm³/mol. The maximum absolute atomic E-state index is 13.1. The minimum Gasteiger partial charge on any atom is -0.490 e. The van der Waals surface area contributed by atoms with E-state index in [4.69, 9.17) is 9.47 Å². The largest absolute Gasteiger partial charge is 0.490 e. The Bertz CT molecular complexity index is 702. The van der Waals surface area contributed by atoms with E-state index in [1.54, 1.807) is 0 Å². The van der Waals surface area contributed by atoms with Crippen molar-refractivity contribution in [3.8, 4) is 5.75 Å². The Hall–Kier alpha value is -2.33. The molecule has 1 aliphatic heterocycles. The fraction of sp³-hybridized carbons (Fsp3) is 0.409.